The second-order valence-electron chi connectivity index (χ2n) is 8.51. The Balaban J connectivity index is 1.53. The number of carboxylic acids is 1. The quantitative estimate of drug-likeness (QED) is 0.570. The Hall–Kier alpha value is -3.53. The standard InChI is InChI=1S/C24H23FN4O4S/c25-19-13-18(8-7-16(19)12-21(30)31)26-23-22-20(6-3-11-34(22,32)33)27-24(28-23)29-10-9-15-4-1-2-5-17(15)14-29/h1-2,4-5,7-8,13H,3,6,9-12,14H2,(H,30,31)(H,26,27,28). The molecular formula is C24H23FN4O4S. The number of hydrogen-bond acceptors (Lipinski definition) is 7. The molecule has 2 aromatic carbocycles. The van der Waals surface area contributed by atoms with Gasteiger partial charge < -0.3 is 15.3 Å². The average molecular weight is 483 g/mol. The van der Waals surface area contributed by atoms with Gasteiger partial charge in [-0.25, -0.2) is 17.8 Å². The lowest BCUT2D eigenvalue weighted by atomic mass is 10.0. The van der Waals surface area contributed by atoms with Gasteiger partial charge in [0.1, 0.15) is 10.7 Å². The number of sulfone groups is 1. The third-order valence-electron chi connectivity index (χ3n) is 6.13. The number of carbonyl (C=O) groups is 1. The molecule has 2 aliphatic heterocycles. The number of nitrogens with one attached hydrogen (secondary N) is 1. The number of benzene rings is 2. The zero-order valence-corrected chi connectivity index (χ0v) is 19.1. The van der Waals surface area contributed by atoms with E-state index in [0.29, 0.717) is 37.6 Å². The lowest BCUT2D eigenvalue weighted by Crippen LogP contribution is -2.33. The Kier molecular flexibility index (Phi) is 5.68. The first kappa shape index (κ1) is 22.3. The van der Waals surface area contributed by atoms with Crippen molar-refractivity contribution in [2.45, 2.75) is 37.1 Å². The first-order valence-corrected chi connectivity index (χ1v) is 12.7. The van der Waals surface area contributed by atoms with Crippen molar-refractivity contribution < 1.29 is 22.7 Å². The van der Waals surface area contributed by atoms with Crippen LogP contribution in [0.4, 0.5) is 21.8 Å². The highest BCUT2D eigenvalue weighted by Gasteiger charge is 2.31. The summed E-state index contributed by atoms with van der Waals surface area (Å²) in [6, 6.07) is 12.2. The number of fused-ring (bicyclic) bond motifs is 2. The lowest BCUT2D eigenvalue weighted by Gasteiger charge is -2.30. The van der Waals surface area contributed by atoms with Crippen LogP contribution in [0.1, 0.15) is 28.8 Å². The van der Waals surface area contributed by atoms with Gasteiger partial charge in [-0.1, -0.05) is 30.3 Å². The van der Waals surface area contributed by atoms with Gasteiger partial charge in [0.05, 0.1) is 17.9 Å². The molecule has 0 saturated heterocycles. The van der Waals surface area contributed by atoms with Crippen LogP contribution in [0.15, 0.2) is 47.4 Å². The fourth-order valence-electron chi connectivity index (χ4n) is 4.47. The van der Waals surface area contributed by atoms with E-state index in [-0.39, 0.29) is 27.7 Å². The summed E-state index contributed by atoms with van der Waals surface area (Å²) in [7, 11) is -3.60. The molecule has 0 unspecified atom stereocenters. The fraction of sp³-hybridized carbons (Fsp3) is 0.292. The summed E-state index contributed by atoms with van der Waals surface area (Å²) in [5.41, 5.74) is 3.23. The highest BCUT2D eigenvalue weighted by molar-refractivity contribution is 7.91. The van der Waals surface area contributed by atoms with E-state index in [1.807, 2.05) is 17.0 Å². The Morgan fingerprint density at radius 3 is 2.68 bits per heavy atom. The molecular weight excluding hydrogens is 459 g/mol. The van der Waals surface area contributed by atoms with E-state index in [0.717, 1.165) is 12.5 Å². The number of hydrogen-bond donors (Lipinski definition) is 2. The molecule has 0 aliphatic carbocycles. The Morgan fingerprint density at radius 2 is 1.91 bits per heavy atom. The molecule has 0 radical (unpaired) electrons. The minimum absolute atomic E-state index is 0.000384. The van der Waals surface area contributed by atoms with Crippen LogP contribution in [0.2, 0.25) is 0 Å². The SMILES string of the molecule is O=C(O)Cc1ccc(Nc2nc(N3CCc4ccccc4C3)nc3c2S(=O)(=O)CCC3)cc1F. The molecule has 2 aliphatic rings. The van der Waals surface area contributed by atoms with Crippen molar-refractivity contribution in [3.8, 4) is 0 Å². The van der Waals surface area contributed by atoms with Crippen LogP contribution in [0, 0.1) is 5.82 Å². The number of aliphatic carboxylic acids is 1. The predicted octanol–water partition coefficient (Wildman–Crippen LogP) is 3.27. The highest BCUT2D eigenvalue weighted by atomic mass is 32.2. The normalized spacial score (nSPS) is 16.4. The summed E-state index contributed by atoms with van der Waals surface area (Å²) in [6.45, 7) is 1.31. The Labute approximate surface area is 196 Å². The van der Waals surface area contributed by atoms with Gasteiger partial charge in [0.15, 0.2) is 15.7 Å². The molecule has 0 amide bonds. The van der Waals surface area contributed by atoms with Crippen LogP contribution >= 0.6 is 0 Å². The third-order valence-corrected chi connectivity index (χ3v) is 8.01. The summed E-state index contributed by atoms with van der Waals surface area (Å²) in [6.07, 6.45) is 1.37. The van der Waals surface area contributed by atoms with Gasteiger partial charge in [-0.2, -0.15) is 4.98 Å². The van der Waals surface area contributed by atoms with Gasteiger partial charge in [-0.15, -0.1) is 0 Å². The number of halogens is 1. The number of aryl methyl sites for hydroxylation is 1. The van der Waals surface area contributed by atoms with Gasteiger partial charge >= 0.3 is 5.97 Å². The molecule has 176 valence electrons. The molecule has 0 bridgehead atoms. The number of rotatable bonds is 5. The topological polar surface area (TPSA) is 112 Å². The molecule has 3 heterocycles. The predicted molar refractivity (Wildman–Crippen MR) is 125 cm³/mol. The van der Waals surface area contributed by atoms with Crippen LogP contribution in [-0.2, 0) is 40.4 Å². The maximum absolute atomic E-state index is 14.5. The zero-order valence-electron chi connectivity index (χ0n) is 18.3. The smallest absolute Gasteiger partial charge is 0.307 e. The average Bonchev–Trinajstić information content (AvgIpc) is 2.79. The van der Waals surface area contributed by atoms with E-state index < -0.39 is 28.0 Å². The van der Waals surface area contributed by atoms with E-state index in [1.54, 1.807) is 0 Å². The zero-order chi connectivity index (χ0) is 23.9. The number of anilines is 3. The second kappa shape index (κ2) is 8.68. The summed E-state index contributed by atoms with van der Waals surface area (Å²) < 4.78 is 40.3. The molecule has 5 rings (SSSR count). The van der Waals surface area contributed by atoms with Gasteiger partial charge in [0.2, 0.25) is 5.95 Å². The molecule has 2 N–H and O–H groups in total. The molecule has 0 fully saturated rings. The molecule has 0 saturated carbocycles. The van der Waals surface area contributed by atoms with Crippen molar-refractivity contribution in [2.75, 3.05) is 22.5 Å². The van der Waals surface area contributed by atoms with Crippen LogP contribution < -0.4 is 10.2 Å². The van der Waals surface area contributed by atoms with Crippen molar-refractivity contribution in [1.82, 2.24) is 9.97 Å². The van der Waals surface area contributed by atoms with Crippen molar-refractivity contribution in [3.63, 3.8) is 0 Å². The Morgan fingerprint density at radius 1 is 1.12 bits per heavy atom. The fourth-order valence-corrected chi connectivity index (χ4v) is 6.10. The number of nitrogens with zero attached hydrogens (tertiary/aromatic N) is 3. The minimum atomic E-state index is -3.60. The van der Waals surface area contributed by atoms with Crippen molar-refractivity contribution >= 4 is 33.3 Å². The number of carboxylic acid groups (broad SMARTS) is 1. The van der Waals surface area contributed by atoms with Crippen molar-refractivity contribution in [3.05, 3.63) is 70.7 Å². The minimum Gasteiger partial charge on any atom is -0.481 e. The maximum Gasteiger partial charge on any atom is 0.307 e. The summed E-state index contributed by atoms with van der Waals surface area (Å²) >= 11 is 0. The van der Waals surface area contributed by atoms with Gasteiger partial charge in [0.25, 0.3) is 0 Å². The molecule has 1 aromatic heterocycles. The third kappa shape index (κ3) is 4.33. The van der Waals surface area contributed by atoms with E-state index in [9.17, 15) is 17.6 Å². The Bertz CT molecular complexity index is 1390. The van der Waals surface area contributed by atoms with Crippen LogP contribution in [0.3, 0.4) is 0 Å². The molecule has 8 nitrogen and oxygen atoms in total. The van der Waals surface area contributed by atoms with Gasteiger partial charge in [-0.3, -0.25) is 4.79 Å². The summed E-state index contributed by atoms with van der Waals surface area (Å²) in [5, 5.41) is 11.9. The van der Waals surface area contributed by atoms with Crippen molar-refractivity contribution in [1.29, 1.82) is 0 Å². The first-order valence-electron chi connectivity index (χ1n) is 11.0. The van der Waals surface area contributed by atoms with Crippen LogP contribution in [-0.4, -0.2) is 41.8 Å². The number of aromatic nitrogens is 2. The van der Waals surface area contributed by atoms with E-state index in [2.05, 4.69) is 27.4 Å². The molecule has 0 spiro atoms. The summed E-state index contributed by atoms with van der Waals surface area (Å²) in [5.74, 6) is -1.28. The van der Waals surface area contributed by atoms with E-state index in [1.165, 1.54) is 23.3 Å². The van der Waals surface area contributed by atoms with Crippen LogP contribution in [0.25, 0.3) is 0 Å². The molecule has 0 atom stereocenters. The lowest BCUT2D eigenvalue weighted by molar-refractivity contribution is -0.136. The molecule has 3 aromatic rings. The van der Waals surface area contributed by atoms with Crippen LogP contribution in [0.5, 0.6) is 0 Å². The molecule has 34 heavy (non-hydrogen) atoms. The highest BCUT2D eigenvalue weighted by Crippen LogP contribution is 2.34. The van der Waals surface area contributed by atoms with E-state index >= 15 is 0 Å². The second-order valence-corrected chi connectivity index (χ2v) is 10.6. The monoisotopic (exact) mass is 482 g/mol. The molecule has 10 heteroatoms. The van der Waals surface area contributed by atoms with E-state index in [4.69, 9.17) is 5.11 Å². The largest absolute Gasteiger partial charge is 0.481 e. The van der Waals surface area contributed by atoms with Gasteiger partial charge in [-0.05, 0) is 48.1 Å². The van der Waals surface area contributed by atoms with Crippen molar-refractivity contribution in [2.24, 2.45) is 0 Å². The van der Waals surface area contributed by atoms with Gasteiger partial charge in [0, 0.05) is 18.8 Å². The maximum atomic E-state index is 14.5. The first-order chi connectivity index (χ1) is 16.3. The summed E-state index contributed by atoms with van der Waals surface area (Å²) in [4.78, 5) is 22.2.